The van der Waals surface area contributed by atoms with E-state index in [1.165, 1.54) is 4.90 Å². The minimum absolute atomic E-state index is 0.00782. The molecule has 2 bridgehead atoms. The summed E-state index contributed by atoms with van der Waals surface area (Å²) >= 11 is 0. The van der Waals surface area contributed by atoms with E-state index >= 15 is 0 Å². The molecule has 2 saturated heterocycles. The Morgan fingerprint density at radius 1 is 1.00 bits per heavy atom. The van der Waals surface area contributed by atoms with Gasteiger partial charge in [-0.05, 0) is 30.4 Å². The lowest BCUT2D eigenvalue weighted by atomic mass is 9.85. The Morgan fingerprint density at radius 2 is 1.68 bits per heavy atom. The standard InChI is InChI=1S/C21H24N4O3/c26-19(16-2-1-5-22-13-16)24-9-6-23(7-10-24)8-11-25-20(27)17-14-3-4-15(12-14)18(17)21(25)28/h1-5,13-15,17-18H,6-12H2/t14-,15+,17-,18+. The highest BCUT2D eigenvalue weighted by Crippen LogP contribution is 2.52. The predicted octanol–water partition coefficient (Wildman–Crippen LogP) is 0.647. The number of likely N-dealkylation sites (tertiary alicyclic amines) is 1. The van der Waals surface area contributed by atoms with Crippen LogP contribution in [0.1, 0.15) is 16.8 Å². The van der Waals surface area contributed by atoms with Crippen LogP contribution in [0.5, 0.6) is 0 Å². The van der Waals surface area contributed by atoms with Crippen molar-refractivity contribution in [2.24, 2.45) is 23.7 Å². The molecule has 3 heterocycles. The molecule has 4 atom stereocenters. The minimum atomic E-state index is -0.114. The van der Waals surface area contributed by atoms with Crippen molar-refractivity contribution in [3.63, 3.8) is 0 Å². The molecule has 1 aromatic rings. The summed E-state index contributed by atoms with van der Waals surface area (Å²) in [5.74, 6) is 0.354. The number of nitrogens with zero attached hydrogens (tertiary/aromatic N) is 4. The maximum absolute atomic E-state index is 12.8. The van der Waals surface area contributed by atoms with Crippen LogP contribution in [0, 0.1) is 23.7 Å². The lowest BCUT2D eigenvalue weighted by Crippen LogP contribution is -2.50. The molecule has 0 N–H and O–H groups in total. The van der Waals surface area contributed by atoms with Crippen molar-refractivity contribution in [1.29, 1.82) is 0 Å². The third-order valence-electron chi connectivity index (χ3n) is 6.77. The van der Waals surface area contributed by atoms with Crippen LogP contribution in [-0.2, 0) is 9.59 Å². The highest BCUT2D eigenvalue weighted by atomic mass is 16.2. The highest BCUT2D eigenvalue weighted by molar-refractivity contribution is 6.06. The van der Waals surface area contributed by atoms with Crippen molar-refractivity contribution < 1.29 is 14.4 Å². The molecule has 7 heteroatoms. The van der Waals surface area contributed by atoms with Gasteiger partial charge in [-0.1, -0.05) is 12.2 Å². The molecule has 28 heavy (non-hydrogen) atoms. The van der Waals surface area contributed by atoms with E-state index in [0.717, 1.165) is 19.5 Å². The van der Waals surface area contributed by atoms with Gasteiger partial charge in [0.2, 0.25) is 11.8 Å². The van der Waals surface area contributed by atoms with Crippen LogP contribution in [0.2, 0.25) is 0 Å². The number of amides is 3. The Hall–Kier alpha value is -2.54. The number of pyridine rings is 1. The number of allylic oxidation sites excluding steroid dienone is 2. The summed E-state index contributed by atoms with van der Waals surface area (Å²) in [7, 11) is 0. The molecule has 0 aromatic carbocycles. The topological polar surface area (TPSA) is 73.8 Å². The first-order valence-electron chi connectivity index (χ1n) is 10.1. The molecule has 0 spiro atoms. The molecule has 3 amide bonds. The van der Waals surface area contributed by atoms with E-state index in [9.17, 15) is 14.4 Å². The number of imide groups is 1. The molecular formula is C21H24N4O3. The van der Waals surface area contributed by atoms with Gasteiger partial charge in [0.05, 0.1) is 17.4 Å². The largest absolute Gasteiger partial charge is 0.336 e. The average molecular weight is 380 g/mol. The first-order valence-corrected chi connectivity index (χ1v) is 10.1. The van der Waals surface area contributed by atoms with E-state index < -0.39 is 0 Å². The Kier molecular flexibility index (Phi) is 4.27. The SMILES string of the molecule is O=C(c1cccnc1)N1CCN(CCN2C(=O)[C@@H]3[C@H](C2=O)[C@@H]2C=C[C@H]3C2)CC1. The van der Waals surface area contributed by atoms with Crippen molar-refractivity contribution in [3.8, 4) is 0 Å². The van der Waals surface area contributed by atoms with Crippen molar-refractivity contribution in [2.75, 3.05) is 39.3 Å². The molecule has 2 aliphatic heterocycles. The van der Waals surface area contributed by atoms with Crippen molar-refractivity contribution in [3.05, 3.63) is 42.2 Å². The molecule has 0 unspecified atom stereocenters. The first-order chi connectivity index (χ1) is 13.6. The van der Waals surface area contributed by atoms with Gasteiger partial charge in [0, 0.05) is 51.7 Å². The number of aromatic nitrogens is 1. The molecule has 7 nitrogen and oxygen atoms in total. The molecule has 3 fully saturated rings. The van der Waals surface area contributed by atoms with Gasteiger partial charge in [-0.2, -0.15) is 0 Å². The molecule has 146 valence electrons. The van der Waals surface area contributed by atoms with Gasteiger partial charge in [0.1, 0.15) is 0 Å². The molecule has 1 aromatic heterocycles. The number of carbonyl (C=O) groups is 3. The number of fused-ring (bicyclic) bond motifs is 5. The van der Waals surface area contributed by atoms with E-state index in [1.807, 2.05) is 4.90 Å². The number of rotatable bonds is 4. The summed E-state index contributed by atoms with van der Waals surface area (Å²) in [6.45, 7) is 3.93. The van der Waals surface area contributed by atoms with Crippen LogP contribution in [-0.4, -0.2) is 76.7 Å². The third-order valence-corrected chi connectivity index (χ3v) is 6.77. The van der Waals surface area contributed by atoms with Crippen LogP contribution < -0.4 is 0 Å². The smallest absolute Gasteiger partial charge is 0.255 e. The van der Waals surface area contributed by atoms with E-state index in [1.54, 1.807) is 24.5 Å². The second kappa shape index (κ2) is 6.81. The zero-order valence-electron chi connectivity index (χ0n) is 15.7. The molecule has 2 aliphatic carbocycles. The first kappa shape index (κ1) is 17.6. The second-order valence-electron chi connectivity index (χ2n) is 8.20. The van der Waals surface area contributed by atoms with E-state index in [0.29, 0.717) is 31.7 Å². The monoisotopic (exact) mass is 380 g/mol. The van der Waals surface area contributed by atoms with Crippen molar-refractivity contribution in [2.45, 2.75) is 6.42 Å². The maximum atomic E-state index is 12.8. The summed E-state index contributed by atoms with van der Waals surface area (Å²) in [6.07, 6.45) is 8.47. The fraction of sp³-hybridized carbons (Fsp3) is 0.524. The summed E-state index contributed by atoms with van der Waals surface area (Å²) in [4.78, 5) is 47.6. The number of hydrogen-bond donors (Lipinski definition) is 0. The van der Waals surface area contributed by atoms with Crippen LogP contribution in [0.25, 0.3) is 0 Å². The third kappa shape index (κ3) is 2.76. The molecule has 4 aliphatic rings. The number of piperazine rings is 1. The van der Waals surface area contributed by atoms with Crippen LogP contribution in [0.4, 0.5) is 0 Å². The van der Waals surface area contributed by atoms with Gasteiger partial charge in [-0.15, -0.1) is 0 Å². The van der Waals surface area contributed by atoms with Gasteiger partial charge < -0.3 is 4.90 Å². The van der Waals surface area contributed by atoms with Crippen molar-refractivity contribution >= 4 is 17.7 Å². The normalized spacial score (nSPS) is 31.7. The zero-order valence-corrected chi connectivity index (χ0v) is 15.7. The Morgan fingerprint density at radius 3 is 2.29 bits per heavy atom. The van der Waals surface area contributed by atoms with Crippen LogP contribution in [0.15, 0.2) is 36.7 Å². The average Bonchev–Trinajstić information content (AvgIpc) is 3.41. The van der Waals surface area contributed by atoms with Gasteiger partial charge in [0.15, 0.2) is 0 Å². The van der Waals surface area contributed by atoms with Crippen molar-refractivity contribution in [1.82, 2.24) is 19.7 Å². The molecule has 0 radical (unpaired) electrons. The zero-order chi connectivity index (χ0) is 19.3. The van der Waals surface area contributed by atoms with E-state index in [4.69, 9.17) is 0 Å². The summed E-state index contributed by atoms with van der Waals surface area (Å²) < 4.78 is 0. The quantitative estimate of drug-likeness (QED) is 0.566. The van der Waals surface area contributed by atoms with E-state index in [2.05, 4.69) is 22.0 Å². The van der Waals surface area contributed by atoms with Gasteiger partial charge in [-0.3, -0.25) is 29.2 Å². The van der Waals surface area contributed by atoms with Crippen LogP contribution in [0.3, 0.4) is 0 Å². The summed E-state index contributed by atoms with van der Waals surface area (Å²) in [5, 5.41) is 0. The fourth-order valence-corrected chi connectivity index (χ4v) is 5.27. The van der Waals surface area contributed by atoms with Gasteiger partial charge >= 0.3 is 0 Å². The number of hydrogen-bond acceptors (Lipinski definition) is 5. The van der Waals surface area contributed by atoms with Gasteiger partial charge in [-0.25, -0.2) is 0 Å². The summed E-state index contributed by atoms with van der Waals surface area (Å²) in [6, 6.07) is 3.55. The summed E-state index contributed by atoms with van der Waals surface area (Å²) in [5.41, 5.74) is 0.610. The maximum Gasteiger partial charge on any atom is 0.255 e. The predicted molar refractivity (Wildman–Crippen MR) is 101 cm³/mol. The minimum Gasteiger partial charge on any atom is -0.336 e. The molecule has 5 rings (SSSR count). The lowest BCUT2D eigenvalue weighted by molar-refractivity contribution is -0.141. The van der Waals surface area contributed by atoms with Crippen LogP contribution >= 0.6 is 0 Å². The molecule has 1 saturated carbocycles. The Bertz CT molecular complexity index is 801. The second-order valence-corrected chi connectivity index (χ2v) is 8.20. The lowest BCUT2D eigenvalue weighted by Gasteiger charge is -2.35. The highest BCUT2D eigenvalue weighted by Gasteiger charge is 2.59. The van der Waals surface area contributed by atoms with Gasteiger partial charge in [0.25, 0.3) is 5.91 Å². The number of carbonyl (C=O) groups excluding carboxylic acids is 3. The molecular weight excluding hydrogens is 356 g/mol. The fourth-order valence-electron chi connectivity index (χ4n) is 5.27. The Labute approximate surface area is 164 Å². The van der Waals surface area contributed by atoms with E-state index in [-0.39, 0.29) is 41.4 Å². The Balaban J connectivity index is 1.14.